The second-order valence-electron chi connectivity index (χ2n) is 3.25. The number of rotatable bonds is 5. The molecule has 0 fully saturated rings. The minimum atomic E-state index is -0.632. The van der Waals surface area contributed by atoms with Crippen LogP contribution in [-0.2, 0) is 10.1 Å². The number of halogens is 1. The number of benzene rings is 1. The van der Waals surface area contributed by atoms with E-state index in [1.165, 1.54) is 19.2 Å². The molecule has 1 aromatic carbocycles. The van der Waals surface area contributed by atoms with E-state index in [2.05, 4.69) is 15.9 Å². The molecule has 0 saturated heterocycles. The van der Waals surface area contributed by atoms with Crippen LogP contribution in [0.2, 0.25) is 0 Å². The fraction of sp³-hybridized carbons (Fsp3) is 0.364. The summed E-state index contributed by atoms with van der Waals surface area (Å²) in [7, 11) is 1.39. The van der Waals surface area contributed by atoms with Gasteiger partial charge in [0, 0.05) is 11.4 Å². The van der Waals surface area contributed by atoms with Crippen LogP contribution in [0, 0.1) is 10.1 Å². The third-order valence-corrected chi connectivity index (χ3v) is 2.84. The Balaban J connectivity index is 3.46. The van der Waals surface area contributed by atoms with Crippen LogP contribution in [0.5, 0.6) is 5.75 Å². The topological polar surface area (TPSA) is 78.7 Å². The van der Waals surface area contributed by atoms with E-state index in [4.69, 9.17) is 9.47 Å². The molecule has 0 spiro atoms. The van der Waals surface area contributed by atoms with Crippen molar-refractivity contribution in [3.8, 4) is 5.75 Å². The van der Waals surface area contributed by atoms with Crippen molar-refractivity contribution in [2.45, 2.75) is 12.3 Å². The van der Waals surface area contributed by atoms with Gasteiger partial charge in [0.05, 0.1) is 24.2 Å². The van der Waals surface area contributed by atoms with Crippen LogP contribution in [0.25, 0.3) is 0 Å². The number of ether oxygens (including phenoxy) is 2. The Labute approximate surface area is 112 Å². The predicted octanol–water partition coefficient (Wildman–Crippen LogP) is 2.68. The summed E-state index contributed by atoms with van der Waals surface area (Å²) in [6.45, 7) is 1.85. The molecule has 0 aromatic heterocycles. The number of nitrogens with zero attached hydrogens (tertiary/aromatic N) is 1. The van der Waals surface area contributed by atoms with Gasteiger partial charge in [-0.05, 0) is 13.0 Å². The highest BCUT2D eigenvalue weighted by Gasteiger charge is 2.26. The predicted molar refractivity (Wildman–Crippen MR) is 68.2 cm³/mol. The summed E-state index contributed by atoms with van der Waals surface area (Å²) in [6, 6.07) is 2.69. The number of esters is 1. The van der Waals surface area contributed by atoms with Crippen molar-refractivity contribution in [2.24, 2.45) is 0 Å². The maximum Gasteiger partial charge on any atom is 0.342 e. The van der Waals surface area contributed by atoms with Crippen LogP contribution in [0.3, 0.4) is 0 Å². The number of hydrogen-bond acceptors (Lipinski definition) is 5. The van der Waals surface area contributed by atoms with Crippen molar-refractivity contribution in [1.82, 2.24) is 0 Å². The van der Waals surface area contributed by atoms with Crippen molar-refractivity contribution in [3.63, 3.8) is 0 Å². The van der Waals surface area contributed by atoms with Crippen molar-refractivity contribution in [2.75, 3.05) is 13.7 Å². The molecule has 98 valence electrons. The monoisotopic (exact) mass is 317 g/mol. The first-order valence-electron chi connectivity index (χ1n) is 5.14. The molecule has 0 amide bonds. The summed E-state index contributed by atoms with van der Waals surface area (Å²) in [4.78, 5) is 22.2. The number of nitro benzene ring substituents is 1. The molecule has 0 radical (unpaired) electrons. The first-order chi connectivity index (χ1) is 8.56. The van der Waals surface area contributed by atoms with Gasteiger partial charge in [-0.1, -0.05) is 15.9 Å². The fourth-order valence-electron chi connectivity index (χ4n) is 1.52. The fourth-order valence-corrected chi connectivity index (χ4v) is 2.09. The van der Waals surface area contributed by atoms with Crippen LogP contribution in [-0.4, -0.2) is 24.6 Å². The van der Waals surface area contributed by atoms with E-state index in [9.17, 15) is 14.9 Å². The summed E-state index contributed by atoms with van der Waals surface area (Å²) in [5, 5.41) is 11.1. The molecule has 0 aliphatic rings. The molecule has 6 nitrogen and oxygen atoms in total. The van der Waals surface area contributed by atoms with Gasteiger partial charge in [0.25, 0.3) is 5.69 Å². The lowest BCUT2D eigenvalue weighted by molar-refractivity contribution is -0.385. The maximum atomic E-state index is 11.8. The van der Waals surface area contributed by atoms with Gasteiger partial charge in [0.15, 0.2) is 0 Å². The van der Waals surface area contributed by atoms with Gasteiger partial charge < -0.3 is 9.47 Å². The van der Waals surface area contributed by atoms with Gasteiger partial charge in [-0.3, -0.25) is 10.1 Å². The lowest BCUT2D eigenvalue weighted by Gasteiger charge is -2.11. The van der Waals surface area contributed by atoms with Gasteiger partial charge in [-0.15, -0.1) is 0 Å². The highest BCUT2D eigenvalue weighted by Crippen LogP contribution is 2.32. The molecule has 0 unspecified atom stereocenters. The summed E-state index contributed by atoms with van der Waals surface area (Å²) >= 11 is 3.14. The third kappa shape index (κ3) is 2.79. The largest absolute Gasteiger partial charge is 0.496 e. The molecule has 1 aromatic rings. The van der Waals surface area contributed by atoms with Crippen LogP contribution >= 0.6 is 15.9 Å². The number of carbonyl (C=O) groups excluding carboxylic acids is 1. The quantitative estimate of drug-likeness (QED) is 0.361. The Bertz CT molecular complexity index is 475. The number of carbonyl (C=O) groups is 1. The second kappa shape index (κ2) is 6.34. The number of alkyl halides is 1. The zero-order valence-corrected chi connectivity index (χ0v) is 11.5. The summed E-state index contributed by atoms with van der Waals surface area (Å²) < 4.78 is 9.93. The molecule has 0 atom stereocenters. The first kappa shape index (κ1) is 14.4. The second-order valence-corrected chi connectivity index (χ2v) is 3.81. The van der Waals surface area contributed by atoms with E-state index in [1.54, 1.807) is 6.92 Å². The summed E-state index contributed by atoms with van der Waals surface area (Å²) in [5.74, 6) is -0.374. The third-order valence-electron chi connectivity index (χ3n) is 2.28. The molecule has 0 aliphatic heterocycles. The average Bonchev–Trinajstić information content (AvgIpc) is 2.36. The SMILES string of the molecule is CCOC(=O)c1c(OC)ccc([N+](=O)[O-])c1CBr. The van der Waals surface area contributed by atoms with Crippen molar-refractivity contribution in [3.05, 3.63) is 33.4 Å². The maximum absolute atomic E-state index is 11.8. The standard InChI is InChI=1S/C11H12BrNO5/c1-3-18-11(14)10-7(6-12)8(13(15)16)4-5-9(10)17-2/h4-5H,3,6H2,1-2H3. The molecular weight excluding hydrogens is 306 g/mol. The zero-order valence-electron chi connectivity index (χ0n) is 9.94. The van der Waals surface area contributed by atoms with E-state index in [0.29, 0.717) is 0 Å². The molecule has 0 bridgehead atoms. The first-order valence-corrected chi connectivity index (χ1v) is 6.26. The number of hydrogen-bond donors (Lipinski definition) is 0. The van der Waals surface area contributed by atoms with E-state index in [0.717, 1.165) is 0 Å². The number of nitro groups is 1. The van der Waals surface area contributed by atoms with Gasteiger partial charge in [0.2, 0.25) is 0 Å². The van der Waals surface area contributed by atoms with E-state index in [1.807, 2.05) is 0 Å². The summed E-state index contributed by atoms with van der Waals surface area (Å²) in [6.07, 6.45) is 0. The molecule has 0 heterocycles. The number of methoxy groups -OCH3 is 1. The van der Waals surface area contributed by atoms with Crippen molar-refractivity contribution < 1.29 is 19.2 Å². The minimum absolute atomic E-state index is 0.0884. The Morgan fingerprint density at radius 1 is 1.50 bits per heavy atom. The average molecular weight is 318 g/mol. The van der Waals surface area contributed by atoms with Crippen LogP contribution < -0.4 is 4.74 Å². The molecule has 7 heteroatoms. The van der Waals surface area contributed by atoms with Gasteiger partial charge in [-0.25, -0.2) is 4.79 Å². The molecular formula is C11H12BrNO5. The lowest BCUT2D eigenvalue weighted by Crippen LogP contribution is -2.11. The van der Waals surface area contributed by atoms with Crippen LogP contribution in [0.4, 0.5) is 5.69 Å². The van der Waals surface area contributed by atoms with Crippen LogP contribution in [0.1, 0.15) is 22.8 Å². The Morgan fingerprint density at radius 2 is 2.17 bits per heavy atom. The lowest BCUT2D eigenvalue weighted by atomic mass is 10.1. The van der Waals surface area contributed by atoms with Gasteiger partial charge >= 0.3 is 5.97 Å². The van der Waals surface area contributed by atoms with E-state index < -0.39 is 10.9 Å². The highest BCUT2D eigenvalue weighted by atomic mass is 79.9. The van der Waals surface area contributed by atoms with E-state index >= 15 is 0 Å². The van der Waals surface area contributed by atoms with Gasteiger partial charge in [-0.2, -0.15) is 0 Å². The molecule has 1 rings (SSSR count). The van der Waals surface area contributed by atoms with E-state index in [-0.39, 0.29) is 34.5 Å². The smallest absolute Gasteiger partial charge is 0.342 e. The normalized spacial score (nSPS) is 9.94. The summed E-state index contributed by atoms with van der Waals surface area (Å²) in [5.41, 5.74) is 0.193. The zero-order chi connectivity index (χ0) is 13.7. The highest BCUT2D eigenvalue weighted by molar-refractivity contribution is 9.08. The minimum Gasteiger partial charge on any atom is -0.496 e. The van der Waals surface area contributed by atoms with Crippen molar-refractivity contribution in [1.29, 1.82) is 0 Å². The van der Waals surface area contributed by atoms with Gasteiger partial charge in [0.1, 0.15) is 11.3 Å². The molecule has 0 aliphatic carbocycles. The Hall–Kier alpha value is -1.63. The Kier molecular flexibility index (Phi) is 5.08. The van der Waals surface area contributed by atoms with Crippen LogP contribution in [0.15, 0.2) is 12.1 Å². The molecule has 18 heavy (non-hydrogen) atoms. The molecule has 0 saturated carbocycles. The Morgan fingerprint density at radius 3 is 2.61 bits per heavy atom. The van der Waals surface area contributed by atoms with Crippen molar-refractivity contribution >= 4 is 27.6 Å². The molecule has 0 N–H and O–H groups in total.